The van der Waals surface area contributed by atoms with Crippen LogP contribution in [0.25, 0.3) is 0 Å². The highest BCUT2D eigenvalue weighted by Crippen LogP contribution is 2.42. The summed E-state index contributed by atoms with van der Waals surface area (Å²) in [5.74, 6) is -0.371. The van der Waals surface area contributed by atoms with Crippen molar-refractivity contribution in [3.05, 3.63) is 0 Å². The average Bonchev–Trinajstić information content (AvgIpc) is 2.64. The van der Waals surface area contributed by atoms with Crippen LogP contribution in [-0.2, 0) is 15.0 Å². The van der Waals surface area contributed by atoms with Gasteiger partial charge < -0.3 is 10.0 Å². The maximum absolute atomic E-state index is 12.9. The van der Waals surface area contributed by atoms with E-state index in [4.69, 9.17) is 5.11 Å². The lowest BCUT2D eigenvalue weighted by atomic mass is 9.81. The van der Waals surface area contributed by atoms with Gasteiger partial charge in [0.25, 0.3) is 10.2 Å². The van der Waals surface area contributed by atoms with Crippen LogP contribution in [0.4, 0.5) is 4.79 Å². The minimum atomic E-state index is -3.98. The number of fused-ring (bicyclic) bond motifs is 1. The van der Waals surface area contributed by atoms with Crippen LogP contribution >= 0.6 is 0 Å². The van der Waals surface area contributed by atoms with Crippen molar-refractivity contribution in [1.82, 2.24) is 19.0 Å². The van der Waals surface area contributed by atoms with E-state index in [1.54, 1.807) is 34.9 Å². The molecule has 24 heavy (non-hydrogen) atoms. The first-order chi connectivity index (χ1) is 10.9. The molecule has 10 heteroatoms. The molecule has 0 aromatic heterocycles. The molecule has 2 fully saturated rings. The van der Waals surface area contributed by atoms with Gasteiger partial charge in [0.2, 0.25) is 5.91 Å². The van der Waals surface area contributed by atoms with Gasteiger partial charge in [0.15, 0.2) is 0 Å². The smallest absolute Gasteiger partial charge is 0.420 e. The van der Waals surface area contributed by atoms with Crippen molar-refractivity contribution in [3.63, 3.8) is 0 Å². The zero-order valence-electron chi connectivity index (χ0n) is 14.7. The molecule has 0 unspecified atom stereocenters. The van der Waals surface area contributed by atoms with Crippen molar-refractivity contribution in [2.45, 2.75) is 57.7 Å². The van der Waals surface area contributed by atoms with Gasteiger partial charge >= 0.3 is 6.09 Å². The molecule has 2 amide bonds. The third-order valence-corrected chi connectivity index (χ3v) is 6.71. The van der Waals surface area contributed by atoms with E-state index in [1.807, 2.05) is 5.43 Å². The molecule has 1 saturated heterocycles. The van der Waals surface area contributed by atoms with Crippen LogP contribution in [0.5, 0.6) is 0 Å². The average molecular weight is 362 g/mol. The standard InChI is InChI=1S/C14H26N4O5S/c1-14(2,3)17-10-7-6-9(12(19)16(4)5)8-11(10)18(15-13(20)21)24(17,22)23/h9-11,15H,6-8H2,1-5H3,(H,20,21)/t9-,10-,11+/m0/s1. The van der Waals surface area contributed by atoms with E-state index in [0.29, 0.717) is 19.3 Å². The maximum Gasteiger partial charge on any atom is 0.420 e. The number of carbonyl (C=O) groups excluding carboxylic acids is 1. The zero-order chi connectivity index (χ0) is 18.4. The molecule has 0 radical (unpaired) electrons. The third kappa shape index (κ3) is 3.22. The number of carbonyl (C=O) groups is 2. The van der Waals surface area contributed by atoms with Crippen LogP contribution in [0.2, 0.25) is 0 Å². The first-order valence-corrected chi connectivity index (χ1v) is 9.31. The number of nitrogens with zero attached hydrogens (tertiary/aromatic N) is 3. The van der Waals surface area contributed by atoms with Crippen LogP contribution in [0.3, 0.4) is 0 Å². The molecule has 138 valence electrons. The summed E-state index contributed by atoms with van der Waals surface area (Å²) >= 11 is 0. The summed E-state index contributed by atoms with van der Waals surface area (Å²) in [6.07, 6.45) is -0.0350. The largest absolute Gasteiger partial charge is 0.464 e. The second kappa shape index (κ2) is 6.16. The highest BCUT2D eigenvalue weighted by molar-refractivity contribution is 7.87. The Balaban J connectivity index is 2.40. The van der Waals surface area contributed by atoms with Gasteiger partial charge in [-0.1, -0.05) is 4.41 Å². The maximum atomic E-state index is 12.9. The molecule has 0 spiro atoms. The number of hydrogen-bond donors (Lipinski definition) is 2. The van der Waals surface area contributed by atoms with E-state index in [0.717, 1.165) is 4.41 Å². The molecule has 2 aliphatic rings. The zero-order valence-corrected chi connectivity index (χ0v) is 15.5. The molecule has 0 aromatic carbocycles. The van der Waals surface area contributed by atoms with Gasteiger partial charge in [-0.05, 0) is 40.0 Å². The van der Waals surface area contributed by atoms with Gasteiger partial charge in [0.1, 0.15) is 0 Å². The van der Waals surface area contributed by atoms with Gasteiger partial charge in [-0.25, -0.2) is 10.2 Å². The Morgan fingerprint density at radius 2 is 1.75 bits per heavy atom. The SMILES string of the molecule is CN(C)C(=O)[C@H]1CC[C@H]2[C@@H](C1)N(NC(=O)O)S(=O)(=O)N2C(C)(C)C. The summed E-state index contributed by atoms with van der Waals surface area (Å²) in [5, 5.41) is 9.04. The summed E-state index contributed by atoms with van der Waals surface area (Å²) in [6.45, 7) is 5.34. The third-order valence-electron chi connectivity index (χ3n) is 4.54. The van der Waals surface area contributed by atoms with Crippen LogP contribution in [0.1, 0.15) is 40.0 Å². The molecular weight excluding hydrogens is 336 g/mol. The number of rotatable bonds is 2. The van der Waals surface area contributed by atoms with Gasteiger partial charge in [-0.15, -0.1) is 0 Å². The normalized spacial score (nSPS) is 30.6. The predicted octanol–water partition coefficient (Wildman–Crippen LogP) is 0.455. The van der Waals surface area contributed by atoms with Crippen LogP contribution in [0.15, 0.2) is 0 Å². The number of carboxylic acid groups (broad SMARTS) is 1. The minimum absolute atomic E-state index is 0.0599. The summed E-state index contributed by atoms with van der Waals surface area (Å²) in [4.78, 5) is 24.8. The minimum Gasteiger partial charge on any atom is -0.464 e. The lowest BCUT2D eigenvalue weighted by Gasteiger charge is -2.38. The van der Waals surface area contributed by atoms with Gasteiger partial charge in [-0.3, -0.25) is 4.79 Å². The topological polar surface area (TPSA) is 110 Å². The molecule has 2 N–H and O–H groups in total. The van der Waals surface area contributed by atoms with Gasteiger partial charge in [0, 0.05) is 31.6 Å². The monoisotopic (exact) mass is 362 g/mol. The Morgan fingerprint density at radius 1 is 1.17 bits per heavy atom. The van der Waals surface area contributed by atoms with Crippen molar-refractivity contribution in [3.8, 4) is 0 Å². The molecular formula is C14H26N4O5S. The molecule has 1 saturated carbocycles. The molecule has 3 atom stereocenters. The van der Waals surface area contributed by atoms with Crippen molar-refractivity contribution >= 4 is 22.2 Å². The van der Waals surface area contributed by atoms with Gasteiger partial charge in [0.05, 0.1) is 6.04 Å². The lowest BCUT2D eigenvalue weighted by molar-refractivity contribution is -0.134. The number of amides is 2. The molecule has 1 aliphatic heterocycles. The number of hydrazine groups is 1. The molecule has 1 aliphatic carbocycles. The Hall–Kier alpha value is -1.39. The first kappa shape index (κ1) is 18.9. The van der Waals surface area contributed by atoms with E-state index >= 15 is 0 Å². The fourth-order valence-corrected chi connectivity index (χ4v) is 5.99. The van der Waals surface area contributed by atoms with E-state index in [2.05, 4.69) is 0 Å². The Labute approximate surface area is 142 Å². The Bertz CT molecular complexity index is 628. The van der Waals surface area contributed by atoms with Crippen LogP contribution in [-0.4, -0.2) is 70.9 Å². The summed E-state index contributed by atoms with van der Waals surface area (Å²) < 4.78 is 28.0. The Morgan fingerprint density at radius 3 is 2.21 bits per heavy atom. The fourth-order valence-electron chi connectivity index (χ4n) is 3.76. The van der Waals surface area contributed by atoms with Gasteiger partial charge in [-0.2, -0.15) is 12.7 Å². The van der Waals surface area contributed by atoms with E-state index in [9.17, 15) is 18.0 Å². The van der Waals surface area contributed by atoms with Crippen LogP contribution in [0, 0.1) is 5.92 Å². The second-order valence-corrected chi connectivity index (χ2v) is 9.25. The molecule has 2 rings (SSSR count). The second-order valence-electron chi connectivity index (χ2n) is 7.56. The van der Waals surface area contributed by atoms with Crippen molar-refractivity contribution in [1.29, 1.82) is 0 Å². The summed E-state index contributed by atoms with van der Waals surface area (Å²) in [7, 11) is -0.660. The van der Waals surface area contributed by atoms with E-state index < -0.39 is 27.9 Å². The van der Waals surface area contributed by atoms with Crippen molar-refractivity contribution in [2.24, 2.45) is 5.92 Å². The molecule has 0 aromatic rings. The summed E-state index contributed by atoms with van der Waals surface area (Å²) in [6, 6.07) is -0.943. The highest BCUT2D eigenvalue weighted by atomic mass is 32.2. The number of hydrogen-bond acceptors (Lipinski definition) is 4. The van der Waals surface area contributed by atoms with Crippen molar-refractivity contribution < 1.29 is 23.1 Å². The lowest BCUT2D eigenvalue weighted by Crippen LogP contribution is -2.51. The van der Waals surface area contributed by atoms with Crippen LogP contribution < -0.4 is 5.43 Å². The Kier molecular flexibility index (Phi) is 4.86. The van der Waals surface area contributed by atoms with E-state index in [-0.39, 0.29) is 17.9 Å². The fraction of sp³-hybridized carbons (Fsp3) is 0.857. The molecule has 1 heterocycles. The number of nitrogens with one attached hydrogen (secondary N) is 1. The highest BCUT2D eigenvalue weighted by Gasteiger charge is 2.58. The predicted molar refractivity (Wildman–Crippen MR) is 87.1 cm³/mol. The quantitative estimate of drug-likeness (QED) is 0.741. The van der Waals surface area contributed by atoms with E-state index in [1.165, 1.54) is 9.21 Å². The molecule has 9 nitrogen and oxygen atoms in total. The van der Waals surface area contributed by atoms with Crippen molar-refractivity contribution in [2.75, 3.05) is 14.1 Å². The first-order valence-electron chi connectivity index (χ1n) is 7.92. The molecule has 0 bridgehead atoms. The summed E-state index contributed by atoms with van der Waals surface area (Å²) in [5.41, 5.74) is 1.33.